The molecule has 0 aliphatic rings. The molecule has 0 unspecified atom stereocenters. The van der Waals surface area contributed by atoms with Crippen molar-refractivity contribution >= 4 is 0 Å². The van der Waals surface area contributed by atoms with Gasteiger partial charge in [0.1, 0.15) is 5.75 Å². The quantitative estimate of drug-likeness (QED) is 0.741. The summed E-state index contributed by atoms with van der Waals surface area (Å²) in [6, 6.07) is 10.2. The maximum Gasteiger partial charge on any atom is 0.126 e. The Bertz CT molecular complexity index is 451. The van der Waals surface area contributed by atoms with E-state index in [1.165, 1.54) is 5.56 Å². The SMILES string of the molecule is COc1cc(C)ccc1-c1ccncc1. The van der Waals surface area contributed by atoms with Gasteiger partial charge in [-0.3, -0.25) is 4.98 Å². The molecule has 0 aliphatic carbocycles. The first kappa shape index (κ1) is 9.71. The van der Waals surface area contributed by atoms with Crippen molar-refractivity contribution in [1.82, 2.24) is 4.98 Å². The number of methoxy groups -OCH3 is 1. The first-order valence-corrected chi connectivity index (χ1v) is 4.86. The number of ether oxygens (including phenoxy) is 1. The van der Waals surface area contributed by atoms with Crippen LogP contribution in [0.3, 0.4) is 0 Å². The molecule has 2 rings (SSSR count). The monoisotopic (exact) mass is 199 g/mol. The highest BCUT2D eigenvalue weighted by Crippen LogP contribution is 2.29. The molecule has 0 radical (unpaired) electrons. The van der Waals surface area contributed by atoms with E-state index in [4.69, 9.17) is 4.74 Å². The summed E-state index contributed by atoms with van der Waals surface area (Å²) in [5.41, 5.74) is 3.43. The Morgan fingerprint density at radius 3 is 2.47 bits per heavy atom. The maximum atomic E-state index is 5.36. The summed E-state index contributed by atoms with van der Waals surface area (Å²) < 4.78 is 5.36. The third kappa shape index (κ3) is 1.99. The molecule has 15 heavy (non-hydrogen) atoms. The average Bonchev–Trinajstić information content (AvgIpc) is 2.30. The van der Waals surface area contributed by atoms with Gasteiger partial charge < -0.3 is 4.74 Å². The Kier molecular flexibility index (Phi) is 2.68. The van der Waals surface area contributed by atoms with Gasteiger partial charge in [-0.15, -0.1) is 0 Å². The summed E-state index contributed by atoms with van der Waals surface area (Å²) in [4.78, 5) is 4.00. The largest absolute Gasteiger partial charge is 0.496 e. The Hall–Kier alpha value is -1.83. The number of rotatable bonds is 2. The summed E-state index contributed by atoms with van der Waals surface area (Å²) in [6.45, 7) is 2.05. The molecule has 0 saturated heterocycles. The fourth-order valence-electron chi connectivity index (χ4n) is 1.57. The average molecular weight is 199 g/mol. The Morgan fingerprint density at radius 1 is 1.07 bits per heavy atom. The van der Waals surface area contributed by atoms with Crippen LogP contribution in [0.4, 0.5) is 0 Å². The number of nitrogens with zero attached hydrogens (tertiary/aromatic N) is 1. The van der Waals surface area contributed by atoms with Gasteiger partial charge in [0.25, 0.3) is 0 Å². The zero-order valence-corrected chi connectivity index (χ0v) is 8.90. The summed E-state index contributed by atoms with van der Waals surface area (Å²) in [5.74, 6) is 0.904. The number of hydrogen-bond acceptors (Lipinski definition) is 2. The number of aryl methyl sites for hydroxylation is 1. The van der Waals surface area contributed by atoms with Crippen molar-refractivity contribution in [2.45, 2.75) is 6.92 Å². The van der Waals surface area contributed by atoms with E-state index in [0.29, 0.717) is 0 Å². The molecule has 0 fully saturated rings. The molecule has 0 atom stereocenters. The van der Waals surface area contributed by atoms with Gasteiger partial charge in [0.2, 0.25) is 0 Å². The molecule has 0 spiro atoms. The minimum absolute atomic E-state index is 0.904. The van der Waals surface area contributed by atoms with Crippen LogP contribution in [0, 0.1) is 6.92 Å². The van der Waals surface area contributed by atoms with Crippen LogP contribution in [0.1, 0.15) is 5.56 Å². The van der Waals surface area contributed by atoms with Gasteiger partial charge in [0.15, 0.2) is 0 Å². The van der Waals surface area contributed by atoms with E-state index in [-0.39, 0.29) is 0 Å². The van der Waals surface area contributed by atoms with Crippen LogP contribution in [-0.4, -0.2) is 12.1 Å². The topological polar surface area (TPSA) is 22.1 Å². The van der Waals surface area contributed by atoms with Crippen molar-refractivity contribution in [2.75, 3.05) is 7.11 Å². The summed E-state index contributed by atoms with van der Waals surface area (Å²) in [7, 11) is 1.69. The van der Waals surface area contributed by atoms with Gasteiger partial charge in [-0.2, -0.15) is 0 Å². The standard InChI is InChI=1S/C13H13NO/c1-10-3-4-12(13(9-10)15-2)11-5-7-14-8-6-11/h3-9H,1-2H3. The molecule has 0 amide bonds. The van der Waals surface area contributed by atoms with Gasteiger partial charge in [-0.1, -0.05) is 12.1 Å². The van der Waals surface area contributed by atoms with Crippen molar-refractivity contribution in [3.63, 3.8) is 0 Å². The van der Waals surface area contributed by atoms with E-state index < -0.39 is 0 Å². The predicted molar refractivity (Wildman–Crippen MR) is 61.0 cm³/mol. The van der Waals surface area contributed by atoms with Crippen LogP contribution in [0.2, 0.25) is 0 Å². The van der Waals surface area contributed by atoms with E-state index in [9.17, 15) is 0 Å². The first-order chi connectivity index (χ1) is 7.31. The zero-order chi connectivity index (χ0) is 10.7. The summed E-state index contributed by atoms with van der Waals surface area (Å²) in [5, 5.41) is 0. The zero-order valence-electron chi connectivity index (χ0n) is 8.90. The molecular weight excluding hydrogens is 186 g/mol. The molecule has 0 N–H and O–H groups in total. The van der Waals surface area contributed by atoms with E-state index >= 15 is 0 Å². The molecule has 2 nitrogen and oxygen atoms in total. The van der Waals surface area contributed by atoms with Gasteiger partial charge in [-0.25, -0.2) is 0 Å². The third-order valence-electron chi connectivity index (χ3n) is 2.35. The van der Waals surface area contributed by atoms with Gasteiger partial charge in [0.05, 0.1) is 7.11 Å². The second-order valence-corrected chi connectivity index (χ2v) is 3.44. The van der Waals surface area contributed by atoms with Gasteiger partial charge >= 0.3 is 0 Å². The van der Waals surface area contributed by atoms with Gasteiger partial charge in [0, 0.05) is 18.0 Å². The second kappa shape index (κ2) is 4.13. The van der Waals surface area contributed by atoms with Crippen molar-refractivity contribution in [3.8, 4) is 16.9 Å². The fraction of sp³-hybridized carbons (Fsp3) is 0.154. The fourth-order valence-corrected chi connectivity index (χ4v) is 1.57. The van der Waals surface area contributed by atoms with Crippen molar-refractivity contribution in [2.24, 2.45) is 0 Å². The lowest BCUT2D eigenvalue weighted by Crippen LogP contribution is -1.88. The minimum atomic E-state index is 0.904. The Labute approximate surface area is 89.6 Å². The molecule has 76 valence electrons. The van der Waals surface area contributed by atoms with E-state index in [0.717, 1.165) is 16.9 Å². The summed E-state index contributed by atoms with van der Waals surface area (Å²) in [6.07, 6.45) is 3.57. The molecule has 1 aromatic carbocycles. The molecule has 2 aromatic rings. The van der Waals surface area contributed by atoms with Crippen LogP contribution < -0.4 is 4.74 Å². The van der Waals surface area contributed by atoms with Crippen molar-refractivity contribution in [1.29, 1.82) is 0 Å². The van der Waals surface area contributed by atoms with Crippen molar-refractivity contribution in [3.05, 3.63) is 48.3 Å². The van der Waals surface area contributed by atoms with E-state index in [1.807, 2.05) is 18.2 Å². The highest BCUT2D eigenvalue weighted by atomic mass is 16.5. The molecule has 0 aliphatic heterocycles. The van der Waals surface area contributed by atoms with Crippen molar-refractivity contribution < 1.29 is 4.74 Å². The molecule has 0 saturated carbocycles. The highest BCUT2D eigenvalue weighted by molar-refractivity contribution is 5.70. The van der Waals surface area contributed by atoms with Crippen LogP contribution in [-0.2, 0) is 0 Å². The number of benzene rings is 1. The number of pyridine rings is 1. The molecule has 1 heterocycles. The Morgan fingerprint density at radius 2 is 1.80 bits per heavy atom. The smallest absolute Gasteiger partial charge is 0.126 e. The van der Waals surface area contributed by atoms with Crippen LogP contribution in [0.5, 0.6) is 5.75 Å². The predicted octanol–water partition coefficient (Wildman–Crippen LogP) is 3.07. The van der Waals surface area contributed by atoms with Gasteiger partial charge in [-0.05, 0) is 36.2 Å². The third-order valence-corrected chi connectivity index (χ3v) is 2.35. The molecular formula is C13H13NO. The lowest BCUT2D eigenvalue weighted by atomic mass is 10.0. The second-order valence-electron chi connectivity index (χ2n) is 3.44. The summed E-state index contributed by atoms with van der Waals surface area (Å²) >= 11 is 0. The maximum absolute atomic E-state index is 5.36. The van der Waals surface area contributed by atoms with Crippen LogP contribution in [0.15, 0.2) is 42.7 Å². The van der Waals surface area contributed by atoms with E-state index in [1.54, 1.807) is 19.5 Å². The minimum Gasteiger partial charge on any atom is -0.496 e. The Balaban J connectivity index is 2.53. The van der Waals surface area contributed by atoms with Crippen LogP contribution in [0.25, 0.3) is 11.1 Å². The highest BCUT2D eigenvalue weighted by Gasteiger charge is 2.04. The number of hydrogen-bond donors (Lipinski definition) is 0. The molecule has 2 heteroatoms. The van der Waals surface area contributed by atoms with E-state index in [2.05, 4.69) is 24.0 Å². The number of aromatic nitrogens is 1. The molecule has 0 bridgehead atoms. The first-order valence-electron chi connectivity index (χ1n) is 4.86. The van der Waals surface area contributed by atoms with Crippen LogP contribution >= 0.6 is 0 Å². The normalized spacial score (nSPS) is 10.0. The lowest BCUT2D eigenvalue weighted by molar-refractivity contribution is 0.416. The lowest BCUT2D eigenvalue weighted by Gasteiger charge is -2.09. The molecule has 1 aromatic heterocycles.